The molecule has 1 unspecified atom stereocenters. The van der Waals surface area contributed by atoms with E-state index in [1.54, 1.807) is 0 Å². The molecule has 96 valence electrons. The van der Waals surface area contributed by atoms with E-state index in [9.17, 15) is 0 Å². The topological polar surface area (TPSA) is 21.3 Å². The molecule has 0 heterocycles. The van der Waals surface area contributed by atoms with Gasteiger partial charge < -0.3 is 10.1 Å². The van der Waals surface area contributed by atoms with Gasteiger partial charge in [-0.25, -0.2) is 0 Å². The number of hydrogen-bond acceptors (Lipinski definition) is 2. The lowest BCUT2D eigenvalue weighted by Gasteiger charge is -2.19. The Morgan fingerprint density at radius 3 is 2.41 bits per heavy atom. The van der Waals surface area contributed by atoms with Crippen molar-refractivity contribution in [2.24, 2.45) is 0 Å². The molecule has 1 aromatic rings. The second-order valence-corrected chi connectivity index (χ2v) is 5.71. The van der Waals surface area contributed by atoms with Gasteiger partial charge in [-0.15, -0.1) is 0 Å². The van der Waals surface area contributed by atoms with E-state index in [1.807, 2.05) is 0 Å². The second kappa shape index (κ2) is 8.06. The number of likely N-dealkylation sites (N-methyl/N-ethyl adjacent to an activating group) is 1. The van der Waals surface area contributed by atoms with Crippen LogP contribution in [0.15, 0.2) is 24.3 Å². The quantitative estimate of drug-likeness (QED) is 0.765. The van der Waals surface area contributed by atoms with Crippen LogP contribution in [0.4, 0.5) is 0 Å². The van der Waals surface area contributed by atoms with Gasteiger partial charge in [0.15, 0.2) is 0 Å². The molecule has 1 rings (SSSR count). The highest BCUT2D eigenvalue weighted by molar-refractivity contribution is 14.1. The summed E-state index contributed by atoms with van der Waals surface area (Å²) in [7, 11) is 0. The van der Waals surface area contributed by atoms with Crippen molar-refractivity contribution in [2.45, 2.75) is 39.3 Å². The first-order chi connectivity index (χ1) is 8.11. The normalized spacial score (nSPS) is 13.0. The summed E-state index contributed by atoms with van der Waals surface area (Å²) in [6.45, 7) is 8.05. The number of benzene rings is 1. The van der Waals surface area contributed by atoms with Gasteiger partial charge in [-0.05, 0) is 67.1 Å². The maximum atomic E-state index is 5.69. The van der Waals surface area contributed by atoms with Gasteiger partial charge in [-0.1, -0.05) is 19.1 Å². The highest BCUT2D eigenvalue weighted by Crippen LogP contribution is 2.09. The first-order valence-electron chi connectivity index (χ1n) is 6.21. The number of nitrogens with one attached hydrogen (secondary N) is 1. The Balaban J connectivity index is 2.50. The molecule has 0 radical (unpaired) electrons. The summed E-state index contributed by atoms with van der Waals surface area (Å²) in [5, 5.41) is 3.47. The second-order valence-electron chi connectivity index (χ2n) is 4.47. The summed E-state index contributed by atoms with van der Waals surface area (Å²) in [5.41, 5.74) is 1.36. The SMILES string of the molecule is CCNC(COC(C)C)Cc1ccc(I)cc1. The van der Waals surface area contributed by atoms with Gasteiger partial charge in [0, 0.05) is 9.61 Å². The van der Waals surface area contributed by atoms with Gasteiger partial charge >= 0.3 is 0 Å². The monoisotopic (exact) mass is 347 g/mol. The minimum Gasteiger partial charge on any atom is -0.377 e. The highest BCUT2D eigenvalue weighted by atomic mass is 127. The van der Waals surface area contributed by atoms with Crippen molar-refractivity contribution in [1.82, 2.24) is 5.32 Å². The smallest absolute Gasteiger partial charge is 0.0626 e. The molecular formula is C14H22INO. The van der Waals surface area contributed by atoms with Crippen molar-refractivity contribution in [1.29, 1.82) is 0 Å². The molecule has 0 aromatic heterocycles. The molecule has 0 bridgehead atoms. The van der Waals surface area contributed by atoms with Gasteiger partial charge in [-0.2, -0.15) is 0 Å². The molecule has 0 amide bonds. The van der Waals surface area contributed by atoms with Crippen molar-refractivity contribution >= 4 is 22.6 Å². The van der Waals surface area contributed by atoms with E-state index < -0.39 is 0 Å². The lowest BCUT2D eigenvalue weighted by atomic mass is 10.1. The zero-order valence-electron chi connectivity index (χ0n) is 10.9. The average molecular weight is 347 g/mol. The maximum absolute atomic E-state index is 5.69. The molecular weight excluding hydrogens is 325 g/mol. The van der Waals surface area contributed by atoms with Crippen LogP contribution in [0.1, 0.15) is 26.3 Å². The molecule has 3 heteroatoms. The Morgan fingerprint density at radius 2 is 1.88 bits per heavy atom. The summed E-state index contributed by atoms with van der Waals surface area (Å²) >= 11 is 2.33. The molecule has 1 atom stereocenters. The molecule has 1 aromatic carbocycles. The van der Waals surface area contributed by atoms with E-state index in [4.69, 9.17) is 4.74 Å². The fraction of sp³-hybridized carbons (Fsp3) is 0.571. The van der Waals surface area contributed by atoms with Crippen molar-refractivity contribution in [3.05, 3.63) is 33.4 Å². The van der Waals surface area contributed by atoms with E-state index >= 15 is 0 Å². The van der Waals surface area contributed by atoms with Crippen LogP contribution in [0.25, 0.3) is 0 Å². The van der Waals surface area contributed by atoms with E-state index in [2.05, 4.69) is 72.9 Å². The summed E-state index contributed by atoms with van der Waals surface area (Å²) in [6.07, 6.45) is 1.32. The molecule has 0 aliphatic carbocycles. The van der Waals surface area contributed by atoms with E-state index in [1.165, 1.54) is 9.13 Å². The highest BCUT2D eigenvalue weighted by Gasteiger charge is 2.09. The standard InChI is InChI=1S/C14H22INO/c1-4-16-14(10-17-11(2)3)9-12-5-7-13(15)8-6-12/h5-8,11,14,16H,4,9-10H2,1-3H3. The Kier molecular flexibility index (Phi) is 7.08. The molecule has 2 nitrogen and oxygen atoms in total. The molecule has 17 heavy (non-hydrogen) atoms. The van der Waals surface area contributed by atoms with Gasteiger partial charge in [0.1, 0.15) is 0 Å². The zero-order chi connectivity index (χ0) is 12.7. The first kappa shape index (κ1) is 14.9. The number of rotatable bonds is 7. The van der Waals surface area contributed by atoms with E-state index in [0.717, 1.165) is 19.6 Å². The molecule has 0 saturated carbocycles. The number of hydrogen-bond donors (Lipinski definition) is 1. The third-order valence-corrected chi connectivity index (χ3v) is 3.24. The first-order valence-corrected chi connectivity index (χ1v) is 7.29. The Bertz CT molecular complexity index is 311. The minimum atomic E-state index is 0.299. The van der Waals surface area contributed by atoms with Crippen LogP contribution in [-0.4, -0.2) is 25.3 Å². The minimum absolute atomic E-state index is 0.299. The lowest BCUT2D eigenvalue weighted by Crippen LogP contribution is -2.36. The van der Waals surface area contributed by atoms with Crippen molar-refractivity contribution in [2.75, 3.05) is 13.2 Å². The summed E-state index contributed by atoms with van der Waals surface area (Å²) in [6, 6.07) is 9.11. The summed E-state index contributed by atoms with van der Waals surface area (Å²) in [4.78, 5) is 0. The molecule has 0 fully saturated rings. The number of ether oxygens (including phenoxy) is 1. The van der Waals surface area contributed by atoms with Crippen LogP contribution in [0.2, 0.25) is 0 Å². The van der Waals surface area contributed by atoms with Crippen molar-refractivity contribution in [3.8, 4) is 0 Å². The van der Waals surface area contributed by atoms with Crippen LogP contribution < -0.4 is 5.32 Å². The van der Waals surface area contributed by atoms with Crippen molar-refractivity contribution in [3.63, 3.8) is 0 Å². The van der Waals surface area contributed by atoms with Crippen LogP contribution in [-0.2, 0) is 11.2 Å². The van der Waals surface area contributed by atoms with Gasteiger partial charge in [-0.3, -0.25) is 0 Å². The lowest BCUT2D eigenvalue weighted by molar-refractivity contribution is 0.0616. The van der Waals surface area contributed by atoms with Gasteiger partial charge in [0.05, 0.1) is 12.7 Å². The fourth-order valence-electron chi connectivity index (χ4n) is 1.69. The van der Waals surface area contributed by atoms with Gasteiger partial charge in [0.2, 0.25) is 0 Å². The number of halogens is 1. The average Bonchev–Trinajstić information content (AvgIpc) is 2.29. The van der Waals surface area contributed by atoms with Crippen LogP contribution in [0.5, 0.6) is 0 Å². The van der Waals surface area contributed by atoms with E-state index in [-0.39, 0.29) is 0 Å². The maximum Gasteiger partial charge on any atom is 0.0626 e. The summed E-state index contributed by atoms with van der Waals surface area (Å²) < 4.78 is 6.97. The molecule has 0 spiro atoms. The van der Waals surface area contributed by atoms with Gasteiger partial charge in [0.25, 0.3) is 0 Å². The van der Waals surface area contributed by atoms with E-state index in [0.29, 0.717) is 12.1 Å². The Morgan fingerprint density at radius 1 is 1.24 bits per heavy atom. The predicted molar refractivity (Wildman–Crippen MR) is 81.4 cm³/mol. The molecule has 0 saturated heterocycles. The largest absolute Gasteiger partial charge is 0.377 e. The Hall–Kier alpha value is -0.130. The molecule has 0 aliphatic rings. The molecule has 1 N–H and O–H groups in total. The third kappa shape index (κ3) is 6.38. The third-order valence-electron chi connectivity index (χ3n) is 2.52. The van der Waals surface area contributed by atoms with Crippen LogP contribution in [0, 0.1) is 3.57 Å². The van der Waals surface area contributed by atoms with Crippen LogP contribution >= 0.6 is 22.6 Å². The van der Waals surface area contributed by atoms with Crippen molar-refractivity contribution < 1.29 is 4.74 Å². The summed E-state index contributed by atoms with van der Waals surface area (Å²) in [5.74, 6) is 0. The Labute approximate surface area is 118 Å². The molecule has 0 aliphatic heterocycles. The zero-order valence-corrected chi connectivity index (χ0v) is 13.0. The van der Waals surface area contributed by atoms with Crippen LogP contribution in [0.3, 0.4) is 0 Å². The fourth-order valence-corrected chi connectivity index (χ4v) is 2.05. The predicted octanol–water partition coefficient (Wildman–Crippen LogP) is 3.24.